The molecule has 0 aliphatic heterocycles. The number of nitro benzene ring substituents is 1. The molecule has 0 saturated heterocycles. The summed E-state index contributed by atoms with van der Waals surface area (Å²) in [5.41, 5.74) is 0.140. The van der Waals surface area contributed by atoms with E-state index in [4.69, 9.17) is 0 Å². The van der Waals surface area contributed by atoms with Crippen LogP contribution in [0.3, 0.4) is 0 Å². The van der Waals surface area contributed by atoms with Crippen molar-refractivity contribution in [3.63, 3.8) is 0 Å². The number of benzene rings is 2. The van der Waals surface area contributed by atoms with Gasteiger partial charge in [-0.15, -0.1) is 0 Å². The number of sulfonamides is 1. The third kappa shape index (κ3) is 4.61. The molecule has 25 heavy (non-hydrogen) atoms. The first-order valence-electron chi connectivity index (χ1n) is 7.22. The fourth-order valence-corrected chi connectivity index (χ4v) is 3.61. The Morgan fingerprint density at radius 1 is 1.16 bits per heavy atom. The molecule has 8 nitrogen and oxygen atoms in total. The summed E-state index contributed by atoms with van der Waals surface area (Å²) in [5, 5.41) is 11.1. The Morgan fingerprint density at radius 2 is 1.76 bits per heavy atom. The third-order valence-electron chi connectivity index (χ3n) is 3.42. The molecule has 2 aromatic carbocycles. The lowest BCUT2D eigenvalue weighted by molar-refractivity contribution is -0.387. The monoisotopic (exact) mass is 364 g/mol. The van der Waals surface area contributed by atoms with E-state index in [-0.39, 0.29) is 6.42 Å². The van der Waals surface area contributed by atoms with Crippen molar-refractivity contribution in [1.82, 2.24) is 4.72 Å². The van der Waals surface area contributed by atoms with Crippen LogP contribution in [-0.2, 0) is 26.0 Å². The molecule has 2 rings (SSSR count). The zero-order valence-corrected chi connectivity index (χ0v) is 14.1. The first-order chi connectivity index (χ1) is 11.8. The predicted molar refractivity (Wildman–Crippen MR) is 89.4 cm³/mol. The van der Waals surface area contributed by atoms with Crippen LogP contribution in [0.4, 0.5) is 5.69 Å². The number of ether oxygens (including phenoxy) is 1. The molecule has 0 aromatic heterocycles. The number of methoxy groups -OCH3 is 1. The molecule has 132 valence electrons. The number of hydrogen-bond donors (Lipinski definition) is 1. The minimum Gasteiger partial charge on any atom is -0.468 e. The highest BCUT2D eigenvalue weighted by atomic mass is 32.2. The summed E-state index contributed by atoms with van der Waals surface area (Å²) >= 11 is 0. The lowest BCUT2D eigenvalue weighted by Crippen LogP contribution is -2.43. The summed E-state index contributed by atoms with van der Waals surface area (Å²) in [5.74, 6) is -0.786. The highest BCUT2D eigenvalue weighted by Crippen LogP contribution is 2.23. The van der Waals surface area contributed by atoms with Gasteiger partial charge in [-0.1, -0.05) is 42.5 Å². The minimum absolute atomic E-state index is 0.0490. The summed E-state index contributed by atoms with van der Waals surface area (Å²) in [6.45, 7) is 0. The molecule has 0 aliphatic carbocycles. The maximum Gasteiger partial charge on any atom is 0.324 e. The molecular weight excluding hydrogens is 348 g/mol. The Balaban J connectivity index is 2.34. The maximum atomic E-state index is 12.6. The molecule has 0 fully saturated rings. The van der Waals surface area contributed by atoms with Crippen LogP contribution in [0.5, 0.6) is 0 Å². The standard InChI is InChI=1S/C16H16N2O6S/c1-24-16(19)13(11-12-7-3-2-4-8-12)17-25(22,23)15-10-6-5-9-14(15)18(20)21/h2-10,13,17H,11H2,1H3. The van der Waals surface area contributed by atoms with Crippen molar-refractivity contribution in [2.75, 3.05) is 7.11 Å². The molecule has 0 bridgehead atoms. The number of hydrogen-bond acceptors (Lipinski definition) is 6. The number of esters is 1. The second-order valence-corrected chi connectivity index (χ2v) is 6.79. The number of rotatable bonds is 7. The average molecular weight is 364 g/mol. The number of nitro groups is 1. The summed E-state index contributed by atoms with van der Waals surface area (Å²) in [6.07, 6.45) is 0.0490. The van der Waals surface area contributed by atoms with E-state index in [1.165, 1.54) is 12.1 Å². The highest BCUT2D eigenvalue weighted by molar-refractivity contribution is 7.89. The number of nitrogens with zero attached hydrogens (tertiary/aromatic N) is 1. The fourth-order valence-electron chi connectivity index (χ4n) is 2.25. The lowest BCUT2D eigenvalue weighted by Gasteiger charge is -2.16. The van der Waals surface area contributed by atoms with Crippen molar-refractivity contribution < 1.29 is 22.9 Å². The van der Waals surface area contributed by atoms with Gasteiger partial charge < -0.3 is 4.74 Å². The minimum atomic E-state index is -4.30. The SMILES string of the molecule is COC(=O)C(Cc1ccccc1)NS(=O)(=O)c1ccccc1[N+](=O)[O-]. The Bertz CT molecular complexity index is 867. The average Bonchev–Trinajstić information content (AvgIpc) is 2.61. The molecule has 9 heteroatoms. The molecule has 0 aliphatic rings. The van der Waals surface area contributed by atoms with Gasteiger partial charge in [-0.05, 0) is 18.1 Å². The smallest absolute Gasteiger partial charge is 0.324 e. The fraction of sp³-hybridized carbons (Fsp3) is 0.188. The number of para-hydroxylation sites is 1. The first kappa shape index (κ1) is 18.6. The van der Waals surface area contributed by atoms with Crippen molar-refractivity contribution in [3.8, 4) is 0 Å². The van der Waals surface area contributed by atoms with Crippen molar-refractivity contribution in [3.05, 3.63) is 70.3 Å². The molecule has 1 atom stereocenters. The van der Waals surface area contributed by atoms with Gasteiger partial charge in [0, 0.05) is 6.07 Å². The van der Waals surface area contributed by atoms with Crippen LogP contribution in [0.25, 0.3) is 0 Å². The Hall–Kier alpha value is -2.78. The van der Waals surface area contributed by atoms with Crippen molar-refractivity contribution in [2.45, 2.75) is 17.4 Å². The molecule has 0 spiro atoms. The van der Waals surface area contributed by atoms with Crippen LogP contribution in [0, 0.1) is 10.1 Å². The lowest BCUT2D eigenvalue weighted by atomic mass is 10.1. The largest absolute Gasteiger partial charge is 0.468 e. The van der Waals surface area contributed by atoms with E-state index in [9.17, 15) is 23.3 Å². The van der Waals surface area contributed by atoms with Crippen molar-refractivity contribution in [2.24, 2.45) is 0 Å². The first-order valence-corrected chi connectivity index (χ1v) is 8.71. The van der Waals surface area contributed by atoms with E-state index in [0.717, 1.165) is 19.2 Å². The normalized spacial score (nSPS) is 12.4. The van der Waals surface area contributed by atoms with Crippen LogP contribution >= 0.6 is 0 Å². The van der Waals surface area contributed by atoms with Crippen molar-refractivity contribution in [1.29, 1.82) is 0 Å². The number of carbonyl (C=O) groups excluding carboxylic acids is 1. The zero-order valence-electron chi connectivity index (χ0n) is 13.3. The van der Waals surface area contributed by atoms with Gasteiger partial charge in [0.2, 0.25) is 10.0 Å². The van der Waals surface area contributed by atoms with E-state index in [1.54, 1.807) is 30.3 Å². The molecule has 2 aromatic rings. The summed E-state index contributed by atoms with van der Waals surface area (Å²) < 4.78 is 32.0. The van der Waals surface area contributed by atoms with Gasteiger partial charge >= 0.3 is 5.97 Å². The van der Waals surface area contributed by atoms with Gasteiger partial charge in [-0.25, -0.2) is 8.42 Å². The van der Waals surface area contributed by atoms with E-state index in [2.05, 4.69) is 9.46 Å². The molecule has 1 N–H and O–H groups in total. The summed E-state index contributed by atoms with van der Waals surface area (Å²) in [4.78, 5) is 21.7. The molecular formula is C16H16N2O6S. The summed E-state index contributed by atoms with van der Waals surface area (Å²) in [6, 6.07) is 12.5. The second kappa shape index (κ2) is 7.86. The molecule has 0 amide bonds. The second-order valence-electron chi connectivity index (χ2n) is 5.11. The Kier molecular flexibility index (Phi) is 5.84. The van der Waals surface area contributed by atoms with Crippen LogP contribution in [-0.4, -0.2) is 32.5 Å². The van der Waals surface area contributed by atoms with Crippen LogP contribution in [0.2, 0.25) is 0 Å². The van der Waals surface area contributed by atoms with Crippen LogP contribution < -0.4 is 4.72 Å². The van der Waals surface area contributed by atoms with Crippen LogP contribution in [0.15, 0.2) is 59.5 Å². The van der Waals surface area contributed by atoms with Gasteiger partial charge in [-0.2, -0.15) is 4.72 Å². The molecule has 0 heterocycles. The Morgan fingerprint density at radius 3 is 2.36 bits per heavy atom. The van der Waals surface area contributed by atoms with E-state index >= 15 is 0 Å². The van der Waals surface area contributed by atoms with E-state index < -0.39 is 37.5 Å². The van der Waals surface area contributed by atoms with Crippen LogP contribution in [0.1, 0.15) is 5.56 Å². The molecule has 1 unspecified atom stereocenters. The summed E-state index contributed by atoms with van der Waals surface area (Å²) in [7, 11) is -3.16. The maximum absolute atomic E-state index is 12.6. The third-order valence-corrected chi connectivity index (χ3v) is 4.94. The topological polar surface area (TPSA) is 116 Å². The van der Waals surface area contributed by atoms with Gasteiger partial charge in [0.15, 0.2) is 4.90 Å². The Labute approximate surface area is 144 Å². The van der Waals surface area contributed by atoms with Gasteiger partial charge in [-0.3, -0.25) is 14.9 Å². The van der Waals surface area contributed by atoms with Crippen molar-refractivity contribution >= 4 is 21.7 Å². The van der Waals surface area contributed by atoms with Gasteiger partial charge in [0.1, 0.15) is 6.04 Å². The van der Waals surface area contributed by atoms with Gasteiger partial charge in [0.25, 0.3) is 5.69 Å². The van der Waals surface area contributed by atoms with E-state index in [1.807, 2.05) is 0 Å². The zero-order chi connectivity index (χ0) is 18.4. The number of carbonyl (C=O) groups is 1. The number of nitrogens with one attached hydrogen (secondary N) is 1. The van der Waals surface area contributed by atoms with E-state index in [0.29, 0.717) is 5.56 Å². The highest BCUT2D eigenvalue weighted by Gasteiger charge is 2.31. The van der Waals surface area contributed by atoms with Gasteiger partial charge in [0.05, 0.1) is 12.0 Å². The molecule has 0 saturated carbocycles. The quantitative estimate of drug-likeness (QED) is 0.454. The predicted octanol–water partition coefficient (Wildman–Crippen LogP) is 1.66. The molecule has 0 radical (unpaired) electrons.